The molecule has 0 aromatic rings. The van der Waals surface area contributed by atoms with Crippen molar-refractivity contribution in [1.29, 1.82) is 0 Å². The van der Waals surface area contributed by atoms with Crippen molar-refractivity contribution in [2.24, 2.45) is 23.5 Å². The Kier molecular flexibility index (Phi) is 4.18. The Hall–Kier alpha value is -0.260. The Balaban J connectivity index is 1.43. The standard InChI is InChI=1S/C18H31F2N3/c1-23-13-7-12(22-10-11-4-5-11)8-16(23)15(9-13)14-3-2-6-18(19,20)17(14)21/h11-17,22H,2-10,21H2,1H3/t12?,13?,14-,15?,16?,17+/m0/s1. The van der Waals surface area contributed by atoms with Crippen LogP contribution in [0.4, 0.5) is 8.78 Å². The molecule has 4 fully saturated rings. The molecule has 3 nitrogen and oxygen atoms in total. The van der Waals surface area contributed by atoms with Gasteiger partial charge in [0.05, 0.1) is 6.04 Å². The number of alkyl halides is 2. The third-order valence-corrected chi connectivity index (χ3v) is 7.16. The molecular formula is C18H31F2N3. The number of hydrogen-bond acceptors (Lipinski definition) is 3. The Labute approximate surface area is 138 Å². The predicted molar refractivity (Wildman–Crippen MR) is 87.5 cm³/mol. The van der Waals surface area contributed by atoms with E-state index in [0.29, 0.717) is 30.5 Å². The minimum absolute atomic E-state index is 0.00150. The second kappa shape index (κ2) is 5.92. The van der Waals surface area contributed by atoms with Crippen molar-refractivity contribution >= 4 is 0 Å². The summed E-state index contributed by atoms with van der Waals surface area (Å²) in [5.74, 6) is -1.41. The first-order chi connectivity index (χ1) is 11.0. The van der Waals surface area contributed by atoms with Gasteiger partial charge in [-0.05, 0) is 76.3 Å². The van der Waals surface area contributed by atoms with E-state index in [1.54, 1.807) is 0 Å². The molecule has 0 radical (unpaired) electrons. The summed E-state index contributed by atoms with van der Waals surface area (Å²) in [6.07, 6.45) is 7.60. The van der Waals surface area contributed by atoms with Crippen LogP contribution in [0.15, 0.2) is 0 Å². The molecule has 132 valence electrons. The molecule has 4 rings (SSSR count). The number of rotatable bonds is 4. The van der Waals surface area contributed by atoms with Gasteiger partial charge in [0.2, 0.25) is 0 Å². The zero-order valence-corrected chi connectivity index (χ0v) is 14.2. The van der Waals surface area contributed by atoms with Gasteiger partial charge in [0.15, 0.2) is 0 Å². The highest BCUT2D eigenvalue weighted by atomic mass is 19.3. The van der Waals surface area contributed by atoms with E-state index in [-0.39, 0.29) is 12.3 Å². The van der Waals surface area contributed by atoms with Gasteiger partial charge < -0.3 is 16.0 Å². The summed E-state index contributed by atoms with van der Waals surface area (Å²) in [5.41, 5.74) is 6.02. The van der Waals surface area contributed by atoms with Gasteiger partial charge in [0.1, 0.15) is 0 Å². The van der Waals surface area contributed by atoms with Gasteiger partial charge >= 0.3 is 0 Å². The van der Waals surface area contributed by atoms with Crippen LogP contribution in [0.1, 0.15) is 51.4 Å². The van der Waals surface area contributed by atoms with Crippen LogP contribution in [0.25, 0.3) is 0 Å². The molecule has 5 heteroatoms. The molecule has 23 heavy (non-hydrogen) atoms. The predicted octanol–water partition coefficient (Wildman–Crippen LogP) is 2.60. The van der Waals surface area contributed by atoms with Crippen molar-refractivity contribution in [3.8, 4) is 0 Å². The first kappa shape index (κ1) is 16.2. The van der Waals surface area contributed by atoms with E-state index >= 15 is 0 Å². The number of nitrogens with zero attached hydrogens (tertiary/aromatic N) is 1. The smallest absolute Gasteiger partial charge is 0.263 e. The Morgan fingerprint density at radius 2 is 1.91 bits per heavy atom. The van der Waals surface area contributed by atoms with Crippen LogP contribution in [-0.4, -0.2) is 48.6 Å². The van der Waals surface area contributed by atoms with E-state index in [1.165, 1.54) is 19.3 Å². The fourth-order valence-electron chi connectivity index (χ4n) is 5.53. The molecule has 0 amide bonds. The van der Waals surface area contributed by atoms with E-state index in [2.05, 4.69) is 17.3 Å². The largest absolute Gasteiger partial charge is 0.322 e. The number of piperidine rings is 1. The van der Waals surface area contributed by atoms with E-state index in [9.17, 15) is 8.78 Å². The summed E-state index contributed by atoms with van der Waals surface area (Å²) in [5, 5.41) is 3.75. The summed E-state index contributed by atoms with van der Waals surface area (Å²) in [7, 11) is 2.19. The third-order valence-electron chi connectivity index (χ3n) is 7.16. The lowest BCUT2D eigenvalue weighted by Gasteiger charge is -2.42. The van der Waals surface area contributed by atoms with Crippen molar-refractivity contribution < 1.29 is 8.78 Å². The lowest BCUT2D eigenvalue weighted by Crippen LogP contribution is -2.54. The lowest BCUT2D eigenvalue weighted by atomic mass is 9.72. The molecule has 2 aliphatic heterocycles. The second-order valence-corrected chi connectivity index (χ2v) is 8.65. The minimum atomic E-state index is -2.66. The molecule has 0 aromatic carbocycles. The fraction of sp³-hybridized carbons (Fsp3) is 1.00. The normalized spacial score (nSPS) is 47.0. The number of halogens is 2. The zero-order chi connectivity index (χ0) is 16.2. The maximum atomic E-state index is 14.1. The maximum absolute atomic E-state index is 14.1. The summed E-state index contributed by atoms with van der Waals surface area (Å²) < 4.78 is 28.2. The van der Waals surface area contributed by atoms with Crippen molar-refractivity contribution in [1.82, 2.24) is 10.2 Å². The molecule has 6 atom stereocenters. The van der Waals surface area contributed by atoms with Crippen LogP contribution in [0.3, 0.4) is 0 Å². The Bertz CT molecular complexity index is 440. The van der Waals surface area contributed by atoms with Crippen LogP contribution < -0.4 is 11.1 Å². The van der Waals surface area contributed by atoms with Gasteiger partial charge in [-0.2, -0.15) is 0 Å². The van der Waals surface area contributed by atoms with Crippen LogP contribution in [0, 0.1) is 17.8 Å². The number of fused-ring (bicyclic) bond motifs is 2. The van der Waals surface area contributed by atoms with Gasteiger partial charge in [-0.15, -0.1) is 0 Å². The monoisotopic (exact) mass is 327 g/mol. The molecule has 0 aromatic heterocycles. The quantitative estimate of drug-likeness (QED) is 0.834. The molecule has 3 N–H and O–H groups in total. The summed E-state index contributed by atoms with van der Waals surface area (Å²) in [4.78, 5) is 2.47. The minimum Gasteiger partial charge on any atom is -0.322 e. The third kappa shape index (κ3) is 3.05. The molecule has 0 spiro atoms. The first-order valence-electron chi connectivity index (χ1n) is 9.54. The average molecular weight is 327 g/mol. The van der Waals surface area contributed by atoms with Gasteiger partial charge in [0, 0.05) is 24.5 Å². The highest BCUT2D eigenvalue weighted by Gasteiger charge is 2.53. The van der Waals surface area contributed by atoms with Crippen LogP contribution >= 0.6 is 0 Å². The SMILES string of the molecule is CN1C2CC(NCC3CC3)CC1C([C@@H]1CCCC(F)(F)[C@@H]1N)C2. The van der Waals surface area contributed by atoms with Crippen molar-refractivity contribution in [3.63, 3.8) is 0 Å². The summed E-state index contributed by atoms with van der Waals surface area (Å²) in [6.45, 7) is 1.15. The highest BCUT2D eigenvalue weighted by molar-refractivity contribution is 5.06. The maximum Gasteiger partial charge on any atom is 0.263 e. The summed E-state index contributed by atoms with van der Waals surface area (Å²) in [6, 6.07) is 0.632. The Morgan fingerprint density at radius 3 is 2.65 bits per heavy atom. The van der Waals surface area contributed by atoms with Gasteiger partial charge in [0.25, 0.3) is 5.92 Å². The van der Waals surface area contributed by atoms with Gasteiger partial charge in [-0.1, -0.05) is 0 Å². The van der Waals surface area contributed by atoms with Crippen molar-refractivity contribution in [2.75, 3.05) is 13.6 Å². The molecule has 2 saturated heterocycles. The van der Waals surface area contributed by atoms with Crippen LogP contribution in [-0.2, 0) is 0 Å². The highest BCUT2D eigenvalue weighted by Crippen LogP contribution is 2.48. The Morgan fingerprint density at radius 1 is 1.13 bits per heavy atom. The molecule has 2 bridgehead atoms. The van der Waals surface area contributed by atoms with Crippen molar-refractivity contribution in [2.45, 2.75) is 81.5 Å². The first-order valence-corrected chi connectivity index (χ1v) is 9.54. The molecule has 2 heterocycles. The van der Waals surface area contributed by atoms with Gasteiger partial charge in [-0.3, -0.25) is 0 Å². The fourth-order valence-corrected chi connectivity index (χ4v) is 5.53. The number of nitrogens with two attached hydrogens (primary N) is 1. The van der Waals surface area contributed by atoms with E-state index in [1.807, 2.05) is 0 Å². The number of nitrogens with one attached hydrogen (secondary N) is 1. The molecular weight excluding hydrogens is 296 g/mol. The zero-order valence-electron chi connectivity index (χ0n) is 14.2. The lowest BCUT2D eigenvalue weighted by molar-refractivity contribution is -0.0843. The number of hydrogen-bond donors (Lipinski definition) is 2. The van der Waals surface area contributed by atoms with Crippen LogP contribution in [0.5, 0.6) is 0 Å². The van der Waals surface area contributed by atoms with Gasteiger partial charge in [-0.25, -0.2) is 8.78 Å². The van der Waals surface area contributed by atoms with E-state index < -0.39 is 12.0 Å². The molecule has 2 aliphatic carbocycles. The van der Waals surface area contributed by atoms with Crippen LogP contribution in [0.2, 0.25) is 0 Å². The van der Waals surface area contributed by atoms with E-state index in [0.717, 1.165) is 31.7 Å². The topological polar surface area (TPSA) is 41.3 Å². The van der Waals surface area contributed by atoms with Crippen molar-refractivity contribution in [3.05, 3.63) is 0 Å². The van der Waals surface area contributed by atoms with E-state index in [4.69, 9.17) is 5.73 Å². The molecule has 4 aliphatic rings. The second-order valence-electron chi connectivity index (χ2n) is 8.65. The molecule has 4 unspecified atom stereocenters. The molecule has 2 saturated carbocycles. The summed E-state index contributed by atoms with van der Waals surface area (Å²) >= 11 is 0. The average Bonchev–Trinajstić information content (AvgIpc) is 3.30.